The number of para-hydroxylation sites is 1. The van der Waals surface area contributed by atoms with Crippen molar-refractivity contribution in [3.8, 4) is 11.3 Å². The maximum absolute atomic E-state index is 5.92. The van der Waals surface area contributed by atoms with Crippen LogP contribution in [0.15, 0.2) is 30.3 Å². The number of aromatic nitrogens is 2. The van der Waals surface area contributed by atoms with E-state index in [2.05, 4.69) is 37.0 Å². The minimum absolute atomic E-state index is 0.0782. The molecule has 0 saturated heterocycles. The Hall–Kier alpha value is -1.77. The minimum Gasteiger partial charge on any atom is -0.398 e. The first-order valence-corrected chi connectivity index (χ1v) is 5.39. The molecule has 0 fully saturated rings. The second-order valence-corrected chi connectivity index (χ2v) is 5.00. The van der Waals surface area contributed by atoms with Crippen LogP contribution < -0.4 is 5.73 Å². The summed E-state index contributed by atoms with van der Waals surface area (Å²) in [7, 11) is 0. The normalized spacial score (nSPS) is 11.7. The van der Waals surface area contributed by atoms with Crippen molar-refractivity contribution >= 4 is 5.69 Å². The summed E-state index contributed by atoms with van der Waals surface area (Å²) in [6, 6.07) is 9.83. The predicted molar refractivity (Wildman–Crippen MR) is 67.1 cm³/mol. The van der Waals surface area contributed by atoms with Gasteiger partial charge in [0.25, 0.3) is 0 Å². The highest BCUT2D eigenvalue weighted by Gasteiger charge is 2.17. The molecule has 0 saturated carbocycles. The Kier molecular flexibility index (Phi) is 2.46. The van der Waals surface area contributed by atoms with E-state index in [-0.39, 0.29) is 5.41 Å². The van der Waals surface area contributed by atoms with Crippen LogP contribution in [0.2, 0.25) is 0 Å². The first kappa shape index (κ1) is 10.7. The molecule has 0 atom stereocenters. The summed E-state index contributed by atoms with van der Waals surface area (Å²) in [4.78, 5) is 0. The molecule has 3 nitrogen and oxygen atoms in total. The number of hydrogen-bond acceptors (Lipinski definition) is 2. The summed E-state index contributed by atoms with van der Waals surface area (Å²) >= 11 is 0. The van der Waals surface area contributed by atoms with Crippen LogP contribution in [0, 0.1) is 0 Å². The number of nitrogen functional groups attached to an aromatic ring is 1. The largest absolute Gasteiger partial charge is 0.398 e. The Morgan fingerprint density at radius 1 is 1.19 bits per heavy atom. The number of rotatable bonds is 1. The number of nitrogens with one attached hydrogen (secondary N) is 1. The third-order valence-electron chi connectivity index (χ3n) is 2.62. The molecule has 2 aromatic rings. The van der Waals surface area contributed by atoms with Crippen LogP contribution in [0.3, 0.4) is 0 Å². The molecule has 1 aromatic heterocycles. The van der Waals surface area contributed by atoms with Gasteiger partial charge in [-0.3, -0.25) is 5.10 Å². The molecule has 3 heteroatoms. The molecule has 3 N–H and O–H groups in total. The van der Waals surface area contributed by atoms with Gasteiger partial charge in [0.1, 0.15) is 0 Å². The van der Waals surface area contributed by atoms with Crippen molar-refractivity contribution in [3.63, 3.8) is 0 Å². The fourth-order valence-corrected chi connectivity index (χ4v) is 1.57. The zero-order chi connectivity index (χ0) is 11.8. The number of benzene rings is 1. The highest BCUT2D eigenvalue weighted by molar-refractivity contribution is 5.73. The second kappa shape index (κ2) is 3.67. The van der Waals surface area contributed by atoms with E-state index in [4.69, 9.17) is 5.73 Å². The Morgan fingerprint density at radius 2 is 1.88 bits per heavy atom. The van der Waals surface area contributed by atoms with Crippen LogP contribution in [0.25, 0.3) is 11.3 Å². The summed E-state index contributed by atoms with van der Waals surface area (Å²) in [6.07, 6.45) is 0. The number of H-pyrrole nitrogens is 1. The lowest BCUT2D eigenvalue weighted by Crippen LogP contribution is -2.11. The minimum atomic E-state index is 0.0782. The highest BCUT2D eigenvalue weighted by atomic mass is 15.1. The summed E-state index contributed by atoms with van der Waals surface area (Å²) in [6.45, 7) is 6.45. The van der Waals surface area contributed by atoms with E-state index in [1.54, 1.807) is 0 Å². The highest BCUT2D eigenvalue weighted by Crippen LogP contribution is 2.28. The number of nitrogens with two attached hydrogens (primary N) is 1. The van der Waals surface area contributed by atoms with Crippen molar-refractivity contribution < 1.29 is 0 Å². The summed E-state index contributed by atoms with van der Waals surface area (Å²) < 4.78 is 0. The predicted octanol–water partition coefficient (Wildman–Crippen LogP) is 2.96. The molecule has 1 heterocycles. The molecule has 0 aliphatic rings. The summed E-state index contributed by atoms with van der Waals surface area (Å²) in [5, 5.41) is 7.37. The van der Waals surface area contributed by atoms with Crippen LogP contribution in [-0.4, -0.2) is 10.2 Å². The first-order chi connectivity index (χ1) is 7.48. The number of aromatic amines is 1. The molecule has 0 aliphatic carbocycles. The number of anilines is 1. The van der Waals surface area contributed by atoms with Gasteiger partial charge in [0.2, 0.25) is 0 Å². The molecular weight excluding hydrogens is 198 g/mol. The van der Waals surface area contributed by atoms with E-state index in [0.29, 0.717) is 0 Å². The molecule has 2 rings (SSSR count). The van der Waals surface area contributed by atoms with Gasteiger partial charge in [-0.05, 0) is 12.1 Å². The van der Waals surface area contributed by atoms with Gasteiger partial charge in [-0.2, -0.15) is 5.10 Å². The van der Waals surface area contributed by atoms with Gasteiger partial charge < -0.3 is 5.73 Å². The SMILES string of the molecule is CC(C)(C)c1cc(-c2ccccc2N)n[nH]1. The van der Waals surface area contributed by atoms with Crippen LogP contribution in [0.5, 0.6) is 0 Å². The lowest BCUT2D eigenvalue weighted by Gasteiger charge is -2.14. The van der Waals surface area contributed by atoms with Crippen LogP contribution in [0.1, 0.15) is 26.5 Å². The molecule has 0 radical (unpaired) electrons. The molecule has 0 spiro atoms. The molecule has 0 unspecified atom stereocenters. The van der Waals surface area contributed by atoms with Gasteiger partial charge in [-0.25, -0.2) is 0 Å². The molecule has 84 valence electrons. The lowest BCUT2D eigenvalue weighted by atomic mass is 9.92. The first-order valence-electron chi connectivity index (χ1n) is 5.39. The van der Waals surface area contributed by atoms with Crippen molar-refractivity contribution in [2.24, 2.45) is 0 Å². The van der Waals surface area contributed by atoms with Crippen LogP contribution in [0.4, 0.5) is 5.69 Å². The fourth-order valence-electron chi connectivity index (χ4n) is 1.57. The van der Waals surface area contributed by atoms with E-state index in [1.165, 1.54) is 0 Å². The fraction of sp³-hybridized carbons (Fsp3) is 0.308. The van der Waals surface area contributed by atoms with E-state index < -0.39 is 0 Å². The Labute approximate surface area is 95.7 Å². The van der Waals surface area contributed by atoms with Gasteiger partial charge in [-0.1, -0.05) is 39.0 Å². The average Bonchev–Trinajstić information content (AvgIpc) is 2.66. The topological polar surface area (TPSA) is 54.7 Å². The van der Waals surface area contributed by atoms with Crippen LogP contribution >= 0.6 is 0 Å². The Balaban J connectivity index is 2.44. The number of nitrogens with zero attached hydrogens (tertiary/aromatic N) is 1. The smallest absolute Gasteiger partial charge is 0.0944 e. The summed E-state index contributed by atoms with van der Waals surface area (Å²) in [5.74, 6) is 0. The average molecular weight is 215 g/mol. The second-order valence-electron chi connectivity index (χ2n) is 5.00. The van der Waals surface area contributed by atoms with Gasteiger partial charge >= 0.3 is 0 Å². The quantitative estimate of drug-likeness (QED) is 0.718. The monoisotopic (exact) mass is 215 g/mol. The molecular formula is C13H17N3. The van der Waals surface area contributed by atoms with Gasteiger partial charge in [0.05, 0.1) is 5.69 Å². The molecule has 0 aliphatic heterocycles. The van der Waals surface area contributed by atoms with Crippen molar-refractivity contribution in [1.82, 2.24) is 10.2 Å². The maximum atomic E-state index is 5.92. The van der Waals surface area contributed by atoms with Gasteiger partial charge in [0.15, 0.2) is 0 Å². The van der Waals surface area contributed by atoms with Crippen molar-refractivity contribution in [2.45, 2.75) is 26.2 Å². The number of hydrogen-bond donors (Lipinski definition) is 2. The zero-order valence-corrected chi connectivity index (χ0v) is 9.91. The standard InChI is InChI=1S/C13H17N3/c1-13(2,3)12-8-11(15-16-12)9-6-4-5-7-10(9)14/h4-8H,14H2,1-3H3,(H,15,16). The zero-order valence-electron chi connectivity index (χ0n) is 9.91. The lowest BCUT2D eigenvalue weighted by molar-refractivity contribution is 0.567. The Bertz CT molecular complexity index is 492. The van der Waals surface area contributed by atoms with E-state index in [0.717, 1.165) is 22.6 Å². The van der Waals surface area contributed by atoms with Crippen molar-refractivity contribution in [2.75, 3.05) is 5.73 Å². The van der Waals surface area contributed by atoms with E-state index in [1.807, 2.05) is 24.3 Å². The van der Waals surface area contributed by atoms with E-state index >= 15 is 0 Å². The van der Waals surface area contributed by atoms with E-state index in [9.17, 15) is 0 Å². The Morgan fingerprint density at radius 3 is 2.44 bits per heavy atom. The molecule has 0 bridgehead atoms. The van der Waals surface area contributed by atoms with Crippen LogP contribution in [-0.2, 0) is 5.41 Å². The molecule has 0 amide bonds. The third-order valence-corrected chi connectivity index (χ3v) is 2.62. The van der Waals surface area contributed by atoms with Crippen molar-refractivity contribution in [3.05, 3.63) is 36.0 Å². The third kappa shape index (κ3) is 1.94. The molecule has 16 heavy (non-hydrogen) atoms. The molecule has 1 aromatic carbocycles. The van der Waals surface area contributed by atoms with Gasteiger partial charge in [-0.15, -0.1) is 0 Å². The van der Waals surface area contributed by atoms with Crippen molar-refractivity contribution in [1.29, 1.82) is 0 Å². The summed E-state index contributed by atoms with van der Waals surface area (Å²) in [5.41, 5.74) is 9.76. The van der Waals surface area contributed by atoms with Gasteiger partial charge in [0, 0.05) is 22.4 Å². The maximum Gasteiger partial charge on any atom is 0.0944 e.